The Labute approximate surface area is 232 Å². The largest absolute Gasteiger partial charge is 0.322 e. The van der Waals surface area contributed by atoms with Crippen LogP contribution in [0.5, 0.6) is 0 Å². The predicted octanol–water partition coefficient (Wildman–Crippen LogP) is 7.69. The van der Waals surface area contributed by atoms with Gasteiger partial charge in [0, 0.05) is 34.9 Å². The Morgan fingerprint density at radius 3 is 1.27 bits per heavy atom. The van der Waals surface area contributed by atoms with E-state index in [1.54, 1.807) is 61.0 Å². The van der Waals surface area contributed by atoms with E-state index in [1.807, 2.05) is 84.9 Å². The Bertz CT molecular complexity index is 1520. The molecule has 0 radical (unpaired) electrons. The number of carbonyl (C=O) groups excluding carboxylic acids is 2. The summed E-state index contributed by atoms with van der Waals surface area (Å²) in [7, 11) is 0. The van der Waals surface area contributed by atoms with Crippen LogP contribution in [-0.4, -0.2) is 24.2 Å². The second-order valence-electron chi connectivity index (χ2n) is 8.92. The lowest BCUT2D eigenvalue weighted by Crippen LogP contribution is -2.15. The van der Waals surface area contributed by atoms with E-state index in [9.17, 15) is 9.59 Å². The minimum atomic E-state index is -0.309. The maximum absolute atomic E-state index is 12.9. The summed E-state index contributed by atoms with van der Waals surface area (Å²) in [5.74, 6) is -0.619. The zero-order chi connectivity index (χ0) is 27.6. The van der Waals surface area contributed by atoms with E-state index >= 15 is 0 Å². The Balaban J connectivity index is 1.18. The lowest BCUT2D eigenvalue weighted by molar-refractivity contribution is 0.102. The molecule has 194 valence electrons. The van der Waals surface area contributed by atoms with E-state index in [0.717, 1.165) is 22.5 Å². The fourth-order valence-corrected chi connectivity index (χ4v) is 3.85. The molecule has 6 nitrogen and oxygen atoms in total. The third-order valence-electron chi connectivity index (χ3n) is 5.96. The summed E-state index contributed by atoms with van der Waals surface area (Å²) < 4.78 is 0. The summed E-state index contributed by atoms with van der Waals surface area (Å²) in [5, 5.41) is 5.74. The second kappa shape index (κ2) is 12.8. The van der Waals surface area contributed by atoms with Crippen LogP contribution >= 0.6 is 0 Å². The lowest BCUT2D eigenvalue weighted by Gasteiger charge is -2.09. The molecule has 0 aliphatic carbocycles. The molecule has 0 spiro atoms. The Morgan fingerprint density at radius 2 is 0.875 bits per heavy atom. The van der Waals surface area contributed by atoms with Crippen molar-refractivity contribution in [2.24, 2.45) is 9.98 Å². The fourth-order valence-electron chi connectivity index (χ4n) is 3.85. The normalized spacial score (nSPS) is 11.0. The number of hydrogen-bond acceptors (Lipinski definition) is 4. The first-order chi connectivity index (χ1) is 19.6. The molecule has 40 heavy (non-hydrogen) atoms. The average Bonchev–Trinajstić information content (AvgIpc) is 3.01. The number of nitrogens with one attached hydrogen (secondary N) is 2. The molecule has 0 aliphatic heterocycles. The Hall–Kier alpha value is -5.62. The van der Waals surface area contributed by atoms with Crippen LogP contribution in [0.2, 0.25) is 0 Å². The molecule has 0 unspecified atom stereocenters. The monoisotopic (exact) mass is 522 g/mol. The summed E-state index contributed by atoms with van der Waals surface area (Å²) >= 11 is 0. The number of benzene rings is 5. The van der Waals surface area contributed by atoms with Crippen molar-refractivity contribution in [3.63, 3.8) is 0 Å². The van der Waals surface area contributed by atoms with Crippen LogP contribution in [0.25, 0.3) is 0 Å². The molecule has 5 rings (SSSR count). The Kier molecular flexibility index (Phi) is 8.29. The molecule has 6 heteroatoms. The molecule has 0 aliphatic rings. The zero-order valence-corrected chi connectivity index (χ0v) is 21.6. The van der Waals surface area contributed by atoms with Gasteiger partial charge in [-0.2, -0.15) is 0 Å². The molecule has 0 bridgehead atoms. The minimum Gasteiger partial charge on any atom is -0.322 e. The average molecular weight is 523 g/mol. The van der Waals surface area contributed by atoms with Crippen molar-refractivity contribution in [3.05, 3.63) is 156 Å². The number of aliphatic imine (C=N–C) groups is 2. The van der Waals surface area contributed by atoms with Gasteiger partial charge in [0.05, 0.1) is 11.4 Å². The molecule has 2 amide bonds. The van der Waals surface area contributed by atoms with Gasteiger partial charge in [0.25, 0.3) is 11.8 Å². The molecule has 0 fully saturated rings. The Morgan fingerprint density at radius 1 is 0.475 bits per heavy atom. The van der Waals surface area contributed by atoms with Crippen molar-refractivity contribution < 1.29 is 9.59 Å². The van der Waals surface area contributed by atoms with Crippen molar-refractivity contribution in [2.75, 3.05) is 10.6 Å². The van der Waals surface area contributed by atoms with Gasteiger partial charge in [-0.3, -0.25) is 19.6 Å². The summed E-state index contributed by atoms with van der Waals surface area (Å²) in [6, 6.07) is 40.7. The summed E-state index contributed by atoms with van der Waals surface area (Å²) in [5.41, 5.74) is 5.59. The van der Waals surface area contributed by atoms with Gasteiger partial charge >= 0.3 is 0 Å². The van der Waals surface area contributed by atoms with E-state index in [1.165, 1.54) is 0 Å². The molecule has 0 heterocycles. The van der Waals surface area contributed by atoms with Gasteiger partial charge in [0.2, 0.25) is 0 Å². The van der Waals surface area contributed by atoms with E-state index in [-0.39, 0.29) is 11.8 Å². The highest BCUT2D eigenvalue weighted by Gasteiger charge is 2.11. The van der Waals surface area contributed by atoms with E-state index in [4.69, 9.17) is 0 Å². The van der Waals surface area contributed by atoms with Crippen molar-refractivity contribution in [1.29, 1.82) is 0 Å². The van der Waals surface area contributed by atoms with Crippen LogP contribution in [0.1, 0.15) is 31.8 Å². The van der Waals surface area contributed by atoms with Crippen LogP contribution in [0.4, 0.5) is 22.7 Å². The molecule has 0 aromatic heterocycles. The van der Waals surface area contributed by atoms with Crippen LogP contribution < -0.4 is 10.6 Å². The molecule has 5 aromatic rings. The third-order valence-corrected chi connectivity index (χ3v) is 5.96. The zero-order valence-electron chi connectivity index (χ0n) is 21.6. The number of nitrogens with zero attached hydrogens (tertiary/aromatic N) is 2. The molecule has 2 N–H and O–H groups in total. The van der Waals surface area contributed by atoms with Crippen LogP contribution in [-0.2, 0) is 0 Å². The molecule has 5 aromatic carbocycles. The molecule has 0 atom stereocenters. The van der Waals surface area contributed by atoms with E-state index in [2.05, 4.69) is 20.6 Å². The minimum absolute atomic E-state index is 0.309. The maximum atomic E-state index is 12.9. The van der Waals surface area contributed by atoms with E-state index < -0.39 is 0 Å². The molecular formula is C34H26N4O2. The SMILES string of the molecule is O=C(Nc1ccc(N=Cc2ccccc2)cc1)c1cccc(C(=O)Nc2ccc(N=Cc3ccccc3)cc2)c1. The number of rotatable bonds is 8. The number of anilines is 2. The van der Waals surface area contributed by atoms with Crippen LogP contribution in [0.3, 0.4) is 0 Å². The highest BCUT2D eigenvalue weighted by molar-refractivity contribution is 6.08. The summed E-state index contributed by atoms with van der Waals surface area (Å²) in [4.78, 5) is 34.6. The smallest absolute Gasteiger partial charge is 0.255 e. The van der Waals surface area contributed by atoms with Crippen LogP contribution in [0, 0.1) is 0 Å². The molecular weight excluding hydrogens is 496 g/mol. The molecule has 0 saturated carbocycles. The maximum Gasteiger partial charge on any atom is 0.255 e. The van der Waals surface area contributed by atoms with Gasteiger partial charge in [-0.05, 0) is 77.9 Å². The van der Waals surface area contributed by atoms with Gasteiger partial charge < -0.3 is 10.6 Å². The second-order valence-corrected chi connectivity index (χ2v) is 8.92. The van der Waals surface area contributed by atoms with Gasteiger partial charge in [0.15, 0.2) is 0 Å². The first-order valence-corrected chi connectivity index (χ1v) is 12.7. The topological polar surface area (TPSA) is 82.9 Å². The highest BCUT2D eigenvalue weighted by Crippen LogP contribution is 2.19. The lowest BCUT2D eigenvalue weighted by atomic mass is 10.1. The van der Waals surface area contributed by atoms with Crippen LogP contribution in [0.15, 0.2) is 143 Å². The van der Waals surface area contributed by atoms with Gasteiger partial charge in [0.1, 0.15) is 0 Å². The van der Waals surface area contributed by atoms with Crippen molar-refractivity contribution in [2.45, 2.75) is 0 Å². The first kappa shape index (κ1) is 26.0. The van der Waals surface area contributed by atoms with Gasteiger partial charge in [-0.1, -0.05) is 66.7 Å². The van der Waals surface area contributed by atoms with E-state index in [0.29, 0.717) is 22.5 Å². The summed E-state index contributed by atoms with van der Waals surface area (Å²) in [6.45, 7) is 0. The number of carbonyl (C=O) groups is 2. The first-order valence-electron chi connectivity index (χ1n) is 12.7. The number of hydrogen-bond donors (Lipinski definition) is 2. The fraction of sp³-hybridized carbons (Fsp3) is 0. The third kappa shape index (κ3) is 7.24. The van der Waals surface area contributed by atoms with Crippen molar-refractivity contribution >= 4 is 47.0 Å². The quantitative estimate of drug-likeness (QED) is 0.205. The highest BCUT2D eigenvalue weighted by atomic mass is 16.2. The predicted molar refractivity (Wildman–Crippen MR) is 163 cm³/mol. The standard InChI is InChI=1S/C34H26N4O2/c39-33(37-31-18-14-29(15-19-31)35-23-25-8-3-1-4-9-25)27-12-7-13-28(22-27)34(40)38-32-20-16-30(17-21-32)36-24-26-10-5-2-6-11-26/h1-24H,(H,37,39)(H,38,40). The molecule has 0 saturated heterocycles. The van der Waals surface area contributed by atoms with Crippen molar-refractivity contribution in [1.82, 2.24) is 0 Å². The summed E-state index contributed by atoms with van der Waals surface area (Å²) in [6.07, 6.45) is 3.58. The van der Waals surface area contributed by atoms with Gasteiger partial charge in [-0.25, -0.2) is 0 Å². The van der Waals surface area contributed by atoms with Crippen molar-refractivity contribution in [3.8, 4) is 0 Å². The van der Waals surface area contributed by atoms with Gasteiger partial charge in [-0.15, -0.1) is 0 Å². The number of amides is 2.